The van der Waals surface area contributed by atoms with Crippen LogP contribution in [0.25, 0.3) is 0 Å². The van der Waals surface area contributed by atoms with Gasteiger partial charge >= 0.3 is 0 Å². The summed E-state index contributed by atoms with van der Waals surface area (Å²) in [6.07, 6.45) is 8.44. The van der Waals surface area contributed by atoms with E-state index >= 15 is 0 Å². The number of rotatable bonds is 1. The van der Waals surface area contributed by atoms with E-state index in [-0.39, 0.29) is 6.04 Å². The highest BCUT2D eigenvalue weighted by Gasteiger charge is 2.35. The molecular weight excluding hydrogens is 246 g/mol. The van der Waals surface area contributed by atoms with Crippen molar-refractivity contribution in [2.45, 2.75) is 77.9 Å². The van der Waals surface area contributed by atoms with Crippen molar-refractivity contribution in [1.82, 2.24) is 4.68 Å². The first-order valence-corrected chi connectivity index (χ1v) is 8.13. The SMILES string of the molecule is CC1CCCC(C)N1n1ccc2c1CC(C)(C)CC2N. The fraction of sp³-hybridized carbons (Fsp3) is 0.765. The molecule has 0 amide bonds. The number of nitrogens with zero attached hydrogens (tertiary/aromatic N) is 2. The molecule has 2 aliphatic rings. The zero-order valence-electron chi connectivity index (χ0n) is 13.4. The highest BCUT2D eigenvalue weighted by Crippen LogP contribution is 2.40. The van der Waals surface area contributed by atoms with Crippen LogP contribution in [0, 0.1) is 5.41 Å². The van der Waals surface area contributed by atoms with Gasteiger partial charge in [-0.15, -0.1) is 0 Å². The summed E-state index contributed by atoms with van der Waals surface area (Å²) in [4.78, 5) is 0. The molecule has 3 heteroatoms. The monoisotopic (exact) mass is 275 g/mol. The van der Waals surface area contributed by atoms with E-state index in [1.807, 2.05) is 0 Å². The maximum atomic E-state index is 6.40. The molecule has 3 atom stereocenters. The van der Waals surface area contributed by atoms with Crippen LogP contribution in [0.3, 0.4) is 0 Å². The molecule has 0 saturated carbocycles. The fourth-order valence-electron chi connectivity index (χ4n) is 4.27. The number of hydrogen-bond acceptors (Lipinski definition) is 2. The Hall–Kier alpha value is -0.960. The summed E-state index contributed by atoms with van der Waals surface area (Å²) in [5, 5.41) is 2.58. The first-order valence-electron chi connectivity index (χ1n) is 8.13. The van der Waals surface area contributed by atoms with Gasteiger partial charge in [0.2, 0.25) is 0 Å². The lowest BCUT2D eigenvalue weighted by atomic mass is 9.75. The van der Waals surface area contributed by atoms with E-state index in [4.69, 9.17) is 5.73 Å². The standard InChI is InChI=1S/C17H29N3/c1-12-6-5-7-13(2)20(12)19-9-8-14-15(18)10-17(3,4)11-16(14)19/h8-9,12-13,15H,5-7,10-11,18H2,1-4H3. The van der Waals surface area contributed by atoms with Gasteiger partial charge in [0.05, 0.1) is 0 Å². The molecule has 1 aliphatic heterocycles. The molecule has 112 valence electrons. The second-order valence-corrected chi connectivity index (χ2v) is 7.72. The predicted molar refractivity (Wildman–Crippen MR) is 84.5 cm³/mol. The fourth-order valence-corrected chi connectivity index (χ4v) is 4.27. The second-order valence-electron chi connectivity index (χ2n) is 7.72. The van der Waals surface area contributed by atoms with Gasteiger partial charge in [-0.2, -0.15) is 0 Å². The summed E-state index contributed by atoms with van der Waals surface area (Å²) < 4.78 is 2.44. The van der Waals surface area contributed by atoms with E-state index < -0.39 is 0 Å². The number of fused-ring (bicyclic) bond motifs is 1. The average Bonchev–Trinajstić information content (AvgIpc) is 2.71. The van der Waals surface area contributed by atoms with E-state index in [9.17, 15) is 0 Å². The van der Waals surface area contributed by atoms with Crippen LogP contribution in [-0.2, 0) is 6.42 Å². The van der Waals surface area contributed by atoms with Crippen molar-refractivity contribution in [2.24, 2.45) is 11.1 Å². The van der Waals surface area contributed by atoms with Gasteiger partial charge in [-0.05, 0) is 63.0 Å². The van der Waals surface area contributed by atoms with Crippen LogP contribution >= 0.6 is 0 Å². The van der Waals surface area contributed by atoms with Crippen LogP contribution in [0.2, 0.25) is 0 Å². The first-order chi connectivity index (χ1) is 9.39. The lowest BCUT2D eigenvalue weighted by Crippen LogP contribution is -2.51. The maximum absolute atomic E-state index is 6.40. The largest absolute Gasteiger partial charge is 0.324 e. The molecule has 0 bridgehead atoms. The summed E-state index contributed by atoms with van der Waals surface area (Å²) in [6.45, 7) is 9.40. The summed E-state index contributed by atoms with van der Waals surface area (Å²) >= 11 is 0. The average molecular weight is 275 g/mol. The highest BCUT2D eigenvalue weighted by molar-refractivity contribution is 5.32. The third-order valence-corrected chi connectivity index (χ3v) is 5.22. The minimum absolute atomic E-state index is 0.199. The van der Waals surface area contributed by atoms with Crippen molar-refractivity contribution in [3.8, 4) is 0 Å². The maximum Gasteiger partial charge on any atom is 0.0449 e. The highest BCUT2D eigenvalue weighted by atomic mass is 15.6. The van der Waals surface area contributed by atoms with E-state index in [2.05, 4.69) is 49.6 Å². The van der Waals surface area contributed by atoms with E-state index in [1.165, 1.54) is 30.5 Å². The van der Waals surface area contributed by atoms with E-state index in [0.29, 0.717) is 17.5 Å². The predicted octanol–water partition coefficient (Wildman–Crippen LogP) is 3.36. The van der Waals surface area contributed by atoms with Gasteiger partial charge in [-0.1, -0.05) is 13.8 Å². The number of piperidine rings is 1. The van der Waals surface area contributed by atoms with Crippen molar-refractivity contribution in [2.75, 3.05) is 5.01 Å². The zero-order chi connectivity index (χ0) is 14.5. The van der Waals surface area contributed by atoms with Gasteiger partial charge in [0, 0.05) is 30.0 Å². The molecule has 0 aromatic carbocycles. The smallest absolute Gasteiger partial charge is 0.0449 e. The molecule has 1 aromatic heterocycles. The zero-order valence-corrected chi connectivity index (χ0v) is 13.4. The van der Waals surface area contributed by atoms with Crippen molar-refractivity contribution < 1.29 is 0 Å². The Morgan fingerprint density at radius 1 is 1.20 bits per heavy atom. The molecule has 3 unspecified atom stereocenters. The van der Waals surface area contributed by atoms with Gasteiger partial charge in [-0.3, -0.25) is 4.68 Å². The van der Waals surface area contributed by atoms with Crippen molar-refractivity contribution in [3.05, 3.63) is 23.5 Å². The van der Waals surface area contributed by atoms with Crippen molar-refractivity contribution in [3.63, 3.8) is 0 Å². The molecule has 1 aromatic rings. The molecule has 3 rings (SSSR count). The van der Waals surface area contributed by atoms with Crippen LogP contribution in [0.1, 0.15) is 70.7 Å². The van der Waals surface area contributed by atoms with Gasteiger partial charge in [0.25, 0.3) is 0 Å². The summed E-state index contributed by atoms with van der Waals surface area (Å²) in [6, 6.07) is 3.70. The third kappa shape index (κ3) is 2.26. The Morgan fingerprint density at radius 3 is 2.50 bits per heavy atom. The summed E-state index contributed by atoms with van der Waals surface area (Å²) in [5.74, 6) is 0. The quantitative estimate of drug-likeness (QED) is 0.853. The van der Waals surface area contributed by atoms with E-state index in [0.717, 1.165) is 12.8 Å². The summed E-state index contributed by atoms with van der Waals surface area (Å²) in [5.41, 5.74) is 9.54. The molecule has 20 heavy (non-hydrogen) atoms. The van der Waals surface area contributed by atoms with Crippen LogP contribution in [0.4, 0.5) is 0 Å². The lowest BCUT2D eigenvalue weighted by Gasteiger charge is -2.44. The van der Waals surface area contributed by atoms with Crippen LogP contribution in [-0.4, -0.2) is 16.8 Å². The Morgan fingerprint density at radius 2 is 1.85 bits per heavy atom. The van der Waals surface area contributed by atoms with Gasteiger partial charge in [0.15, 0.2) is 0 Å². The van der Waals surface area contributed by atoms with Crippen molar-refractivity contribution >= 4 is 0 Å². The Balaban J connectivity index is 2.00. The molecule has 1 fully saturated rings. The van der Waals surface area contributed by atoms with Gasteiger partial charge < -0.3 is 10.7 Å². The normalized spacial score (nSPS) is 33.0. The molecule has 3 nitrogen and oxygen atoms in total. The van der Waals surface area contributed by atoms with Crippen LogP contribution < -0.4 is 10.7 Å². The topological polar surface area (TPSA) is 34.2 Å². The molecule has 1 aliphatic carbocycles. The lowest BCUT2D eigenvalue weighted by molar-refractivity contribution is 0.263. The molecule has 1 saturated heterocycles. The molecule has 2 heterocycles. The van der Waals surface area contributed by atoms with Crippen LogP contribution in [0.15, 0.2) is 12.3 Å². The Bertz CT molecular complexity index is 478. The number of hydrogen-bond donors (Lipinski definition) is 1. The molecule has 0 radical (unpaired) electrons. The number of nitrogens with two attached hydrogens (primary N) is 1. The van der Waals surface area contributed by atoms with Gasteiger partial charge in [0.1, 0.15) is 0 Å². The Kier molecular flexibility index (Phi) is 3.36. The van der Waals surface area contributed by atoms with E-state index in [1.54, 1.807) is 0 Å². The molecule has 0 spiro atoms. The first kappa shape index (κ1) is 14.0. The molecular formula is C17H29N3. The summed E-state index contributed by atoms with van der Waals surface area (Å²) in [7, 11) is 0. The van der Waals surface area contributed by atoms with Gasteiger partial charge in [-0.25, -0.2) is 0 Å². The minimum Gasteiger partial charge on any atom is -0.324 e. The molecule has 2 N–H and O–H groups in total. The van der Waals surface area contributed by atoms with Crippen molar-refractivity contribution in [1.29, 1.82) is 0 Å². The number of aromatic nitrogens is 1. The minimum atomic E-state index is 0.199. The Labute approximate surface area is 123 Å². The van der Waals surface area contributed by atoms with Crippen LogP contribution in [0.5, 0.6) is 0 Å². The third-order valence-electron chi connectivity index (χ3n) is 5.22. The second kappa shape index (κ2) is 4.80.